The average Bonchev–Trinajstić information content (AvgIpc) is 2.81. The van der Waals surface area contributed by atoms with E-state index < -0.39 is 0 Å². The standard InChI is InChI=1S/C13H14N2O3/c1-9-5-12(16)11(6-14-9)13(17)15(2)7-10-3-4-18-8-10/h3-6,8H,7H2,1-2H3,(H,14,16). The van der Waals surface area contributed by atoms with Gasteiger partial charge in [-0.1, -0.05) is 0 Å². The summed E-state index contributed by atoms with van der Waals surface area (Å²) in [6, 6.07) is 3.20. The average molecular weight is 246 g/mol. The molecular weight excluding hydrogens is 232 g/mol. The summed E-state index contributed by atoms with van der Waals surface area (Å²) < 4.78 is 4.93. The van der Waals surface area contributed by atoms with Crippen molar-refractivity contribution in [3.8, 4) is 0 Å². The van der Waals surface area contributed by atoms with Crippen LogP contribution in [0.25, 0.3) is 0 Å². The number of aryl methyl sites for hydroxylation is 1. The number of aromatic amines is 1. The fourth-order valence-electron chi connectivity index (χ4n) is 1.67. The highest BCUT2D eigenvalue weighted by Crippen LogP contribution is 2.06. The van der Waals surface area contributed by atoms with E-state index in [0.717, 1.165) is 11.3 Å². The molecule has 0 saturated carbocycles. The molecule has 5 nitrogen and oxygen atoms in total. The van der Waals surface area contributed by atoms with Gasteiger partial charge >= 0.3 is 0 Å². The fraction of sp³-hybridized carbons (Fsp3) is 0.231. The van der Waals surface area contributed by atoms with Crippen molar-refractivity contribution < 1.29 is 9.21 Å². The Bertz CT molecular complexity index is 599. The molecule has 0 aliphatic carbocycles. The Morgan fingerprint density at radius 3 is 2.89 bits per heavy atom. The van der Waals surface area contributed by atoms with Crippen LogP contribution in [0.1, 0.15) is 21.6 Å². The number of nitrogens with zero attached hydrogens (tertiary/aromatic N) is 1. The first-order valence-electron chi connectivity index (χ1n) is 5.54. The van der Waals surface area contributed by atoms with Crippen molar-refractivity contribution in [2.24, 2.45) is 0 Å². The SMILES string of the molecule is Cc1cc(=O)c(C(=O)N(C)Cc2ccoc2)c[nH]1. The molecule has 0 spiro atoms. The number of rotatable bonds is 3. The summed E-state index contributed by atoms with van der Waals surface area (Å²) in [5.41, 5.74) is 1.49. The molecule has 2 heterocycles. The van der Waals surface area contributed by atoms with Crippen LogP contribution in [0.15, 0.2) is 40.1 Å². The van der Waals surface area contributed by atoms with Crippen LogP contribution in [-0.4, -0.2) is 22.8 Å². The lowest BCUT2D eigenvalue weighted by Crippen LogP contribution is -2.30. The van der Waals surface area contributed by atoms with Crippen molar-refractivity contribution in [2.75, 3.05) is 7.05 Å². The highest BCUT2D eigenvalue weighted by molar-refractivity contribution is 5.93. The van der Waals surface area contributed by atoms with Gasteiger partial charge in [-0.2, -0.15) is 0 Å². The number of hydrogen-bond donors (Lipinski definition) is 1. The summed E-state index contributed by atoms with van der Waals surface area (Å²) >= 11 is 0. The van der Waals surface area contributed by atoms with Gasteiger partial charge in [0.05, 0.1) is 12.5 Å². The topological polar surface area (TPSA) is 66.3 Å². The maximum absolute atomic E-state index is 12.1. The molecule has 2 aromatic rings. The van der Waals surface area contributed by atoms with E-state index in [2.05, 4.69) is 4.98 Å². The molecule has 0 unspecified atom stereocenters. The Hall–Kier alpha value is -2.30. The van der Waals surface area contributed by atoms with E-state index in [1.807, 2.05) is 0 Å². The summed E-state index contributed by atoms with van der Waals surface area (Å²) in [4.78, 5) is 28.1. The third kappa shape index (κ3) is 2.51. The van der Waals surface area contributed by atoms with Crippen molar-refractivity contribution in [3.63, 3.8) is 0 Å². The van der Waals surface area contributed by atoms with E-state index in [9.17, 15) is 9.59 Å². The number of pyridine rings is 1. The second-order valence-electron chi connectivity index (χ2n) is 4.19. The van der Waals surface area contributed by atoms with Gasteiger partial charge in [0.2, 0.25) is 0 Å². The molecule has 1 N–H and O–H groups in total. The Morgan fingerprint density at radius 1 is 1.50 bits per heavy atom. The van der Waals surface area contributed by atoms with E-state index in [4.69, 9.17) is 4.42 Å². The highest BCUT2D eigenvalue weighted by atomic mass is 16.3. The number of furan rings is 1. The smallest absolute Gasteiger partial charge is 0.259 e. The third-order valence-electron chi connectivity index (χ3n) is 2.63. The van der Waals surface area contributed by atoms with Gasteiger partial charge in [0.15, 0.2) is 5.43 Å². The highest BCUT2D eigenvalue weighted by Gasteiger charge is 2.15. The van der Waals surface area contributed by atoms with Crippen LogP contribution < -0.4 is 5.43 Å². The Labute approximate surface area is 104 Å². The molecule has 5 heteroatoms. The Morgan fingerprint density at radius 2 is 2.28 bits per heavy atom. The van der Waals surface area contributed by atoms with Crippen LogP contribution in [0.4, 0.5) is 0 Å². The predicted octanol–water partition coefficient (Wildman–Crippen LogP) is 1.55. The number of carbonyl (C=O) groups is 1. The first kappa shape index (κ1) is 12.2. The molecule has 0 aliphatic heterocycles. The largest absolute Gasteiger partial charge is 0.472 e. The number of nitrogens with one attached hydrogen (secondary N) is 1. The maximum Gasteiger partial charge on any atom is 0.259 e. The fourth-order valence-corrected chi connectivity index (χ4v) is 1.67. The van der Waals surface area contributed by atoms with Crippen molar-refractivity contribution >= 4 is 5.91 Å². The summed E-state index contributed by atoms with van der Waals surface area (Å²) in [5.74, 6) is -0.308. The molecular formula is C13H14N2O3. The van der Waals surface area contributed by atoms with Gasteiger partial charge in [0, 0.05) is 37.1 Å². The first-order chi connectivity index (χ1) is 8.58. The Balaban J connectivity index is 2.18. The van der Waals surface area contributed by atoms with E-state index in [1.54, 1.807) is 32.6 Å². The molecule has 0 bridgehead atoms. The molecule has 18 heavy (non-hydrogen) atoms. The molecule has 0 aromatic carbocycles. The van der Waals surface area contributed by atoms with Crippen LogP contribution in [-0.2, 0) is 6.54 Å². The molecule has 0 aliphatic rings. The molecule has 2 rings (SSSR count). The molecule has 0 fully saturated rings. The normalized spacial score (nSPS) is 10.3. The minimum atomic E-state index is -0.308. The summed E-state index contributed by atoms with van der Waals surface area (Å²) in [7, 11) is 1.65. The quantitative estimate of drug-likeness (QED) is 0.893. The molecule has 0 atom stereocenters. The molecule has 0 radical (unpaired) electrons. The van der Waals surface area contributed by atoms with Gasteiger partial charge in [0.1, 0.15) is 5.56 Å². The summed E-state index contributed by atoms with van der Waals surface area (Å²) in [6.07, 6.45) is 4.57. The van der Waals surface area contributed by atoms with Crippen LogP contribution in [0, 0.1) is 6.92 Å². The van der Waals surface area contributed by atoms with Crippen molar-refractivity contribution in [3.05, 3.63) is 57.9 Å². The molecule has 2 aromatic heterocycles. The second-order valence-corrected chi connectivity index (χ2v) is 4.19. The molecule has 1 amide bonds. The van der Waals surface area contributed by atoms with E-state index in [-0.39, 0.29) is 16.9 Å². The second kappa shape index (κ2) is 4.91. The van der Waals surface area contributed by atoms with Gasteiger partial charge in [-0.3, -0.25) is 9.59 Å². The lowest BCUT2D eigenvalue weighted by molar-refractivity contribution is 0.0783. The van der Waals surface area contributed by atoms with Gasteiger partial charge in [0.25, 0.3) is 5.91 Å². The summed E-state index contributed by atoms with van der Waals surface area (Å²) in [6.45, 7) is 2.17. The number of hydrogen-bond acceptors (Lipinski definition) is 3. The van der Waals surface area contributed by atoms with Crippen molar-refractivity contribution in [1.82, 2.24) is 9.88 Å². The van der Waals surface area contributed by atoms with Gasteiger partial charge in [-0.25, -0.2) is 0 Å². The van der Waals surface area contributed by atoms with Gasteiger partial charge in [-0.05, 0) is 13.0 Å². The Kier molecular flexibility index (Phi) is 3.32. The zero-order valence-electron chi connectivity index (χ0n) is 10.3. The minimum Gasteiger partial charge on any atom is -0.472 e. The van der Waals surface area contributed by atoms with Crippen LogP contribution in [0.3, 0.4) is 0 Å². The van der Waals surface area contributed by atoms with Gasteiger partial charge < -0.3 is 14.3 Å². The predicted molar refractivity (Wildman–Crippen MR) is 66.3 cm³/mol. The third-order valence-corrected chi connectivity index (χ3v) is 2.63. The maximum atomic E-state index is 12.1. The van der Waals surface area contributed by atoms with E-state index in [0.29, 0.717) is 6.54 Å². The summed E-state index contributed by atoms with van der Waals surface area (Å²) in [5, 5.41) is 0. The van der Waals surface area contributed by atoms with Crippen molar-refractivity contribution in [1.29, 1.82) is 0 Å². The minimum absolute atomic E-state index is 0.145. The molecule has 0 saturated heterocycles. The lowest BCUT2D eigenvalue weighted by Gasteiger charge is -2.15. The zero-order chi connectivity index (χ0) is 13.1. The van der Waals surface area contributed by atoms with Crippen LogP contribution in [0.2, 0.25) is 0 Å². The number of H-pyrrole nitrogens is 1. The monoisotopic (exact) mass is 246 g/mol. The van der Waals surface area contributed by atoms with Crippen molar-refractivity contribution in [2.45, 2.75) is 13.5 Å². The van der Waals surface area contributed by atoms with Crippen LogP contribution in [0.5, 0.6) is 0 Å². The van der Waals surface area contributed by atoms with E-state index >= 15 is 0 Å². The number of amides is 1. The number of carbonyl (C=O) groups excluding carboxylic acids is 1. The van der Waals surface area contributed by atoms with E-state index in [1.165, 1.54) is 17.2 Å². The van der Waals surface area contributed by atoms with Crippen LogP contribution >= 0.6 is 0 Å². The zero-order valence-corrected chi connectivity index (χ0v) is 10.3. The first-order valence-corrected chi connectivity index (χ1v) is 5.54. The lowest BCUT2D eigenvalue weighted by atomic mass is 10.2. The van der Waals surface area contributed by atoms with Gasteiger partial charge in [-0.15, -0.1) is 0 Å². The number of aromatic nitrogens is 1. The molecule has 94 valence electrons.